The van der Waals surface area contributed by atoms with Gasteiger partial charge < -0.3 is 5.73 Å². The summed E-state index contributed by atoms with van der Waals surface area (Å²) in [5.41, 5.74) is 7.36. The first kappa shape index (κ1) is 12.6. The standard InChI is InChI=1S/C15H10ClN3O/c16-13-8-18-5-4-11(13)10-2-1-9-3-6-19-14(15(17)20)12(9)7-10/h1-8H,(H2,17,20). The molecule has 1 amide bonds. The van der Waals surface area contributed by atoms with Gasteiger partial charge in [0.05, 0.1) is 5.02 Å². The molecule has 20 heavy (non-hydrogen) atoms. The summed E-state index contributed by atoms with van der Waals surface area (Å²) in [7, 11) is 0. The molecule has 0 unspecified atom stereocenters. The van der Waals surface area contributed by atoms with Crippen LogP contribution in [0.3, 0.4) is 0 Å². The minimum absolute atomic E-state index is 0.259. The minimum atomic E-state index is -0.548. The van der Waals surface area contributed by atoms with Crippen LogP contribution >= 0.6 is 11.6 Å². The van der Waals surface area contributed by atoms with Gasteiger partial charge in [0, 0.05) is 29.5 Å². The fraction of sp³-hybridized carbons (Fsp3) is 0. The van der Waals surface area contributed by atoms with Crippen LogP contribution < -0.4 is 5.73 Å². The van der Waals surface area contributed by atoms with Crippen LogP contribution in [0.15, 0.2) is 48.9 Å². The van der Waals surface area contributed by atoms with Crippen molar-refractivity contribution in [1.29, 1.82) is 0 Å². The molecule has 4 nitrogen and oxygen atoms in total. The number of nitrogens with two attached hydrogens (primary N) is 1. The Morgan fingerprint density at radius 3 is 2.75 bits per heavy atom. The van der Waals surface area contributed by atoms with E-state index < -0.39 is 5.91 Å². The molecule has 3 rings (SSSR count). The predicted octanol–water partition coefficient (Wildman–Crippen LogP) is 3.05. The normalized spacial score (nSPS) is 10.7. The predicted molar refractivity (Wildman–Crippen MR) is 78.5 cm³/mol. The van der Waals surface area contributed by atoms with Crippen molar-refractivity contribution in [3.8, 4) is 11.1 Å². The third-order valence-electron chi connectivity index (χ3n) is 3.08. The molecule has 3 aromatic rings. The number of halogens is 1. The van der Waals surface area contributed by atoms with Gasteiger partial charge in [0.1, 0.15) is 5.69 Å². The molecule has 0 saturated carbocycles. The Balaban J connectivity index is 2.27. The summed E-state index contributed by atoms with van der Waals surface area (Å²) in [6.45, 7) is 0. The molecular weight excluding hydrogens is 274 g/mol. The summed E-state index contributed by atoms with van der Waals surface area (Å²) in [4.78, 5) is 19.5. The Morgan fingerprint density at radius 1 is 1.15 bits per heavy atom. The lowest BCUT2D eigenvalue weighted by atomic mass is 10.0. The van der Waals surface area contributed by atoms with Crippen molar-refractivity contribution in [2.45, 2.75) is 0 Å². The molecule has 5 heteroatoms. The number of fused-ring (bicyclic) bond motifs is 1. The average molecular weight is 284 g/mol. The summed E-state index contributed by atoms with van der Waals surface area (Å²) in [6, 6.07) is 9.37. The van der Waals surface area contributed by atoms with E-state index >= 15 is 0 Å². The van der Waals surface area contributed by atoms with E-state index in [9.17, 15) is 4.79 Å². The molecule has 2 heterocycles. The van der Waals surface area contributed by atoms with E-state index in [0.717, 1.165) is 16.5 Å². The lowest BCUT2D eigenvalue weighted by molar-refractivity contribution is 0.0997. The molecule has 0 aliphatic carbocycles. The van der Waals surface area contributed by atoms with Crippen LogP contribution in [-0.2, 0) is 0 Å². The van der Waals surface area contributed by atoms with Gasteiger partial charge >= 0.3 is 0 Å². The highest BCUT2D eigenvalue weighted by molar-refractivity contribution is 6.33. The fourth-order valence-electron chi connectivity index (χ4n) is 2.14. The first-order valence-corrected chi connectivity index (χ1v) is 6.33. The number of pyridine rings is 2. The lowest BCUT2D eigenvalue weighted by Crippen LogP contribution is -2.13. The van der Waals surface area contributed by atoms with E-state index in [-0.39, 0.29) is 5.69 Å². The molecule has 0 fully saturated rings. The van der Waals surface area contributed by atoms with Crippen molar-refractivity contribution in [2.75, 3.05) is 0 Å². The van der Waals surface area contributed by atoms with Crippen LogP contribution in [0, 0.1) is 0 Å². The van der Waals surface area contributed by atoms with Gasteiger partial charge in [-0.15, -0.1) is 0 Å². The Labute approximate surface area is 120 Å². The van der Waals surface area contributed by atoms with Crippen LogP contribution in [0.4, 0.5) is 0 Å². The lowest BCUT2D eigenvalue weighted by Gasteiger charge is -2.07. The number of nitrogens with zero attached hydrogens (tertiary/aromatic N) is 2. The van der Waals surface area contributed by atoms with Gasteiger partial charge in [-0.25, -0.2) is 0 Å². The molecule has 0 spiro atoms. The highest BCUT2D eigenvalue weighted by Gasteiger charge is 2.10. The van der Waals surface area contributed by atoms with E-state index in [1.165, 1.54) is 0 Å². The summed E-state index contributed by atoms with van der Waals surface area (Å²) < 4.78 is 0. The van der Waals surface area contributed by atoms with Crippen molar-refractivity contribution in [3.63, 3.8) is 0 Å². The molecule has 0 bridgehead atoms. The van der Waals surface area contributed by atoms with Crippen molar-refractivity contribution >= 4 is 28.3 Å². The fourth-order valence-corrected chi connectivity index (χ4v) is 2.37. The average Bonchev–Trinajstić information content (AvgIpc) is 2.46. The van der Waals surface area contributed by atoms with Crippen LogP contribution in [0.5, 0.6) is 0 Å². The zero-order valence-corrected chi connectivity index (χ0v) is 11.1. The number of aromatic nitrogens is 2. The van der Waals surface area contributed by atoms with Crippen molar-refractivity contribution < 1.29 is 4.79 Å². The molecular formula is C15H10ClN3O. The number of benzene rings is 1. The second kappa shape index (κ2) is 4.90. The topological polar surface area (TPSA) is 68.9 Å². The molecule has 2 N–H and O–H groups in total. The van der Waals surface area contributed by atoms with Gasteiger partial charge in [0.25, 0.3) is 5.91 Å². The van der Waals surface area contributed by atoms with Gasteiger partial charge in [-0.1, -0.05) is 23.7 Å². The Morgan fingerprint density at radius 2 is 2.00 bits per heavy atom. The SMILES string of the molecule is NC(=O)c1nccc2ccc(-c3ccncc3Cl)cc12. The summed E-state index contributed by atoms with van der Waals surface area (Å²) in [6.07, 6.45) is 4.82. The van der Waals surface area contributed by atoms with E-state index in [0.29, 0.717) is 10.4 Å². The van der Waals surface area contributed by atoms with Crippen LogP contribution in [0.25, 0.3) is 21.9 Å². The number of carbonyl (C=O) groups is 1. The molecule has 1 aromatic carbocycles. The summed E-state index contributed by atoms with van der Waals surface area (Å²) in [5.74, 6) is -0.548. The van der Waals surface area contributed by atoms with Gasteiger partial charge in [0.15, 0.2) is 0 Å². The van der Waals surface area contributed by atoms with Crippen LogP contribution in [0.2, 0.25) is 5.02 Å². The molecule has 98 valence electrons. The maximum atomic E-state index is 11.5. The third kappa shape index (κ3) is 2.10. The first-order chi connectivity index (χ1) is 9.66. The number of hydrogen-bond acceptors (Lipinski definition) is 3. The smallest absolute Gasteiger partial charge is 0.267 e. The quantitative estimate of drug-likeness (QED) is 0.786. The number of carbonyl (C=O) groups excluding carboxylic acids is 1. The molecule has 0 aliphatic rings. The van der Waals surface area contributed by atoms with Crippen LogP contribution in [-0.4, -0.2) is 15.9 Å². The number of primary amides is 1. The molecule has 0 saturated heterocycles. The Bertz CT molecular complexity index is 817. The highest BCUT2D eigenvalue weighted by atomic mass is 35.5. The highest BCUT2D eigenvalue weighted by Crippen LogP contribution is 2.30. The minimum Gasteiger partial charge on any atom is -0.364 e. The second-order valence-electron chi connectivity index (χ2n) is 4.32. The van der Waals surface area contributed by atoms with E-state index in [4.69, 9.17) is 17.3 Å². The van der Waals surface area contributed by atoms with E-state index in [1.807, 2.05) is 30.3 Å². The molecule has 0 aliphatic heterocycles. The molecule has 2 aromatic heterocycles. The zero-order chi connectivity index (χ0) is 14.1. The Kier molecular flexibility index (Phi) is 3.08. The van der Waals surface area contributed by atoms with E-state index in [2.05, 4.69) is 9.97 Å². The number of hydrogen-bond donors (Lipinski definition) is 1. The van der Waals surface area contributed by atoms with Crippen molar-refractivity contribution in [2.24, 2.45) is 5.73 Å². The van der Waals surface area contributed by atoms with Crippen LogP contribution in [0.1, 0.15) is 10.5 Å². The Hall–Kier alpha value is -2.46. The van der Waals surface area contributed by atoms with Gasteiger partial charge in [-0.3, -0.25) is 14.8 Å². The molecule has 0 radical (unpaired) electrons. The maximum absolute atomic E-state index is 11.5. The van der Waals surface area contributed by atoms with Gasteiger partial charge in [-0.05, 0) is 29.1 Å². The van der Waals surface area contributed by atoms with Gasteiger partial charge in [-0.2, -0.15) is 0 Å². The monoisotopic (exact) mass is 283 g/mol. The molecule has 0 atom stereocenters. The zero-order valence-electron chi connectivity index (χ0n) is 10.4. The third-order valence-corrected chi connectivity index (χ3v) is 3.38. The van der Waals surface area contributed by atoms with Gasteiger partial charge in [0.2, 0.25) is 0 Å². The first-order valence-electron chi connectivity index (χ1n) is 5.95. The number of amides is 1. The number of rotatable bonds is 2. The second-order valence-corrected chi connectivity index (χ2v) is 4.72. The largest absolute Gasteiger partial charge is 0.364 e. The summed E-state index contributed by atoms with van der Waals surface area (Å²) in [5, 5.41) is 2.17. The van der Waals surface area contributed by atoms with Crippen molar-refractivity contribution in [3.05, 3.63) is 59.6 Å². The summed E-state index contributed by atoms with van der Waals surface area (Å²) >= 11 is 6.14. The maximum Gasteiger partial charge on any atom is 0.267 e. The van der Waals surface area contributed by atoms with E-state index in [1.54, 1.807) is 18.6 Å². The van der Waals surface area contributed by atoms with Crippen molar-refractivity contribution in [1.82, 2.24) is 9.97 Å².